The van der Waals surface area contributed by atoms with Crippen molar-refractivity contribution in [2.24, 2.45) is 0 Å². The van der Waals surface area contributed by atoms with Gasteiger partial charge in [-0.25, -0.2) is 9.18 Å². The Hall–Kier alpha value is -3.44. The number of amides is 1. The van der Waals surface area contributed by atoms with Crippen LogP contribution in [0.1, 0.15) is 22.2 Å². The molecule has 6 nitrogen and oxygen atoms in total. The van der Waals surface area contributed by atoms with E-state index in [0.29, 0.717) is 46.2 Å². The highest BCUT2D eigenvalue weighted by atomic mass is 32.1. The third-order valence-electron chi connectivity index (χ3n) is 5.90. The zero-order valence-corrected chi connectivity index (χ0v) is 21.3. The summed E-state index contributed by atoms with van der Waals surface area (Å²) in [5, 5.41) is 2.64. The maximum atomic E-state index is 13.7. The number of hydrogen-bond acceptors (Lipinski definition) is 6. The van der Waals surface area contributed by atoms with Crippen LogP contribution in [0.15, 0.2) is 54.6 Å². The smallest absolute Gasteiger partial charge is 0.426 e. The van der Waals surface area contributed by atoms with Crippen LogP contribution in [0.25, 0.3) is 11.1 Å². The summed E-state index contributed by atoms with van der Waals surface area (Å²) in [5.74, 6) is -0.769. The standard InChI is InChI=1S/C27H26F4N2O4S/c1-2-36-26(35)22(28)14-32-15-24(34)33-11-10-18-12-19(8-9-23(18)33)37-16-20-13-21(17-6-4-3-5-7-17)25(38-20)27(29,30)31/h3-9,12-13,22,32H,2,10-11,14-16H2,1H3. The molecule has 0 spiro atoms. The Labute approximate surface area is 221 Å². The van der Waals surface area contributed by atoms with Gasteiger partial charge >= 0.3 is 12.1 Å². The van der Waals surface area contributed by atoms with Crippen molar-refractivity contribution in [3.63, 3.8) is 0 Å². The van der Waals surface area contributed by atoms with E-state index >= 15 is 0 Å². The zero-order chi connectivity index (χ0) is 27.3. The molecule has 4 rings (SSSR count). The number of halogens is 4. The molecule has 1 atom stereocenters. The molecular formula is C27H26F4N2O4S. The molecule has 1 aliphatic heterocycles. The number of alkyl halides is 4. The zero-order valence-electron chi connectivity index (χ0n) is 20.5. The van der Waals surface area contributed by atoms with Gasteiger partial charge in [-0.1, -0.05) is 30.3 Å². The molecule has 0 bridgehead atoms. The van der Waals surface area contributed by atoms with Gasteiger partial charge in [0.25, 0.3) is 0 Å². The highest BCUT2D eigenvalue weighted by molar-refractivity contribution is 7.12. The number of benzene rings is 2. The van der Waals surface area contributed by atoms with Crippen molar-refractivity contribution in [2.75, 3.05) is 31.1 Å². The fraction of sp³-hybridized carbons (Fsp3) is 0.333. The number of thiophene rings is 1. The minimum Gasteiger partial charge on any atom is -0.488 e. The molecule has 0 saturated carbocycles. The minimum atomic E-state index is -4.48. The predicted molar refractivity (Wildman–Crippen MR) is 136 cm³/mol. The first-order chi connectivity index (χ1) is 18.2. The second-order valence-corrected chi connectivity index (χ2v) is 9.68. The van der Waals surface area contributed by atoms with Gasteiger partial charge in [0.15, 0.2) is 0 Å². The Bertz CT molecular complexity index is 1280. The predicted octanol–water partition coefficient (Wildman–Crippen LogP) is 5.39. The van der Waals surface area contributed by atoms with Crippen molar-refractivity contribution in [1.29, 1.82) is 0 Å². The molecule has 2 heterocycles. The summed E-state index contributed by atoms with van der Waals surface area (Å²) in [5.41, 5.74) is 2.16. The number of anilines is 1. The van der Waals surface area contributed by atoms with Crippen LogP contribution in [0.4, 0.5) is 23.2 Å². The van der Waals surface area contributed by atoms with Crippen LogP contribution in [-0.4, -0.2) is 44.3 Å². The van der Waals surface area contributed by atoms with E-state index in [1.807, 2.05) is 0 Å². The SMILES string of the molecule is CCOC(=O)C(F)CNCC(=O)N1CCc2cc(OCc3cc(-c4ccccc4)c(C(F)(F)F)s3)ccc21. The first-order valence-corrected chi connectivity index (χ1v) is 12.8. The van der Waals surface area contributed by atoms with Gasteiger partial charge in [0.1, 0.15) is 17.2 Å². The molecule has 1 amide bonds. The average Bonchev–Trinajstić information content (AvgIpc) is 3.52. The Morgan fingerprint density at radius 1 is 1.13 bits per heavy atom. The topological polar surface area (TPSA) is 67.9 Å². The summed E-state index contributed by atoms with van der Waals surface area (Å²) < 4.78 is 65.1. The van der Waals surface area contributed by atoms with E-state index in [1.54, 1.807) is 60.4 Å². The molecule has 1 aromatic heterocycles. The van der Waals surface area contributed by atoms with Crippen LogP contribution in [0, 0.1) is 0 Å². The number of esters is 1. The highest BCUT2D eigenvalue weighted by Crippen LogP contribution is 2.43. The molecule has 38 heavy (non-hydrogen) atoms. The van der Waals surface area contributed by atoms with Gasteiger partial charge in [-0.3, -0.25) is 4.79 Å². The Morgan fingerprint density at radius 2 is 1.89 bits per heavy atom. The molecule has 2 aromatic carbocycles. The third kappa shape index (κ3) is 6.51. The van der Waals surface area contributed by atoms with Gasteiger partial charge in [0.05, 0.1) is 13.2 Å². The molecule has 11 heteroatoms. The van der Waals surface area contributed by atoms with Gasteiger partial charge in [-0.2, -0.15) is 13.2 Å². The van der Waals surface area contributed by atoms with Crippen molar-refractivity contribution >= 4 is 28.9 Å². The maximum Gasteiger partial charge on any atom is 0.426 e. The van der Waals surface area contributed by atoms with Gasteiger partial charge in [-0.05, 0) is 48.7 Å². The molecule has 1 unspecified atom stereocenters. The summed E-state index contributed by atoms with van der Waals surface area (Å²) in [6.07, 6.45) is -5.76. The lowest BCUT2D eigenvalue weighted by atomic mass is 10.1. The summed E-state index contributed by atoms with van der Waals surface area (Å²) in [6, 6.07) is 15.1. The molecule has 1 aliphatic rings. The van der Waals surface area contributed by atoms with Crippen LogP contribution in [-0.2, 0) is 33.5 Å². The van der Waals surface area contributed by atoms with Crippen LogP contribution in [0.2, 0.25) is 0 Å². The summed E-state index contributed by atoms with van der Waals surface area (Å²) in [6.45, 7) is 1.57. The fourth-order valence-corrected chi connectivity index (χ4v) is 5.11. The minimum absolute atomic E-state index is 0.0310. The number of carbonyl (C=O) groups excluding carboxylic acids is 2. The quantitative estimate of drug-likeness (QED) is 0.271. The van der Waals surface area contributed by atoms with Crippen LogP contribution >= 0.6 is 11.3 Å². The Morgan fingerprint density at radius 3 is 2.61 bits per heavy atom. The van der Waals surface area contributed by atoms with E-state index < -0.39 is 23.2 Å². The average molecular weight is 551 g/mol. The van der Waals surface area contributed by atoms with Gasteiger partial charge in [-0.15, -0.1) is 11.3 Å². The molecule has 1 N–H and O–H groups in total. The van der Waals surface area contributed by atoms with Crippen LogP contribution < -0.4 is 15.0 Å². The van der Waals surface area contributed by atoms with Crippen molar-refractivity contribution in [3.8, 4) is 16.9 Å². The number of nitrogens with one attached hydrogen (secondary N) is 1. The second-order valence-electron chi connectivity index (χ2n) is 8.54. The maximum absolute atomic E-state index is 13.7. The summed E-state index contributed by atoms with van der Waals surface area (Å²) in [7, 11) is 0. The van der Waals surface area contributed by atoms with Gasteiger partial charge in [0, 0.05) is 29.2 Å². The lowest BCUT2D eigenvalue weighted by Gasteiger charge is -2.18. The van der Waals surface area contributed by atoms with E-state index in [4.69, 9.17) is 4.74 Å². The van der Waals surface area contributed by atoms with Crippen molar-refractivity contribution in [3.05, 3.63) is 69.9 Å². The summed E-state index contributed by atoms with van der Waals surface area (Å²) >= 11 is 0.659. The number of hydrogen-bond donors (Lipinski definition) is 1. The second kappa shape index (κ2) is 12.0. The first kappa shape index (κ1) is 27.6. The van der Waals surface area contributed by atoms with Crippen molar-refractivity contribution in [2.45, 2.75) is 32.3 Å². The first-order valence-electron chi connectivity index (χ1n) is 12.0. The molecule has 3 aromatic rings. The lowest BCUT2D eigenvalue weighted by Crippen LogP contribution is -2.40. The lowest BCUT2D eigenvalue weighted by molar-refractivity contribution is -0.149. The van der Waals surface area contributed by atoms with Crippen molar-refractivity contribution in [1.82, 2.24) is 5.32 Å². The van der Waals surface area contributed by atoms with E-state index in [2.05, 4.69) is 10.1 Å². The molecule has 0 fully saturated rings. The van der Waals surface area contributed by atoms with Gasteiger partial charge in [0.2, 0.25) is 12.1 Å². The number of rotatable bonds is 10. The molecular weight excluding hydrogens is 524 g/mol. The number of fused-ring (bicyclic) bond motifs is 1. The largest absolute Gasteiger partial charge is 0.488 e. The van der Waals surface area contributed by atoms with E-state index in [0.717, 1.165) is 5.56 Å². The normalized spacial score (nSPS) is 13.8. The fourth-order valence-electron chi connectivity index (χ4n) is 4.15. The van der Waals surface area contributed by atoms with E-state index in [-0.39, 0.29) is 37.8 Å². The number of ether oxygens (including phenoxy) is 2. The van der Waals surface area contributed by atoms with E-state index in [1.165, 1.54) is 6.07 Å². The Kier molecular flexibility index (Phi) is 8.68. The third-order valence-corrected chi connectivity index (χ3v) is 7.05. The highest BCUT2D eigenvalue weighted by Gasteiger charge is 2.36. The van der Waals surface area contributed by atoms with E-state index in [9.17, 15) is 27.2 Å². The summed E-state index contributed by atoms with van der Waals surface area (Å²) in [4.78, 5) is 25.3. The molecule has 202 valence electrons. The molecule has 0 aliphatic carbocycles. The monoisotopic (exact) mass is 550 g/mol. The molecule has 0 saturated heterocycles. The van der Waals surface area contributed by atoms with Crippen LogP contribution in [0.3, 0.4) is 0 Å². The molecule has 0 radical (unpaired) electrons. The van der Waals surface area contributed by atoms with Crippen molar-refractivity contribution < 1.29 is 36.6 Å². The number of nitrogens with zero attached hydrogens (tertiary/aromatic N) is 1. The number of carbonyl (C=O) groups is 2. The van der Waals surface area contributed by atoms with Crippen LogP contribution in [0.5, 0.6) is 5.75 Å². The van der Waals surface area contributed by atoms with Gasteiger partial charge < -0.3 is 19.7 Å². The Balaban J connectivity index is 1.37.